The van der Waals surface area contributed by atoms with Crippen molar-refractivity contribution in [2.45, 2.75) is 13.5 Å². The number of rotatable bonds is 5. The maximum Gasteiger partial charge on any atom is 0.253 e. The summed E-state index contributed by atoms with van der Waals surface area (Å²) in [7, 11) is 3.03. The highest BCUT2D eigenvalue weighted by Crippen LogP contribution is 2.31. The van der Waals surface area contributed by atoms with Crippen molar-refractivity contribution in [3.63, 3.8) is 0 Å². The summed E-state index contributed by atoms with van der Waals surface area (Å²) in [5, 5.41) is 2.85. The molecule has 0 atom stereocenters. The maximum atomic E-state index is 12.3. The zero-order chi connectivity index (χ0) is 15.4. The highest BCUT2D eigenvalue weighted by atomic mass is 32.1. The van der Waals surface area contributed by atoms with Gasteiger partial charge in [0, 0.05) is 15.8 Å². The quantitative estimate of drug-likeness (QED) is 0.833. The van der Waals surface area contributed by atoms with Crippen molar-refractivity contribution in [2.75, 3.05) is 20.0 Å². The third kappa shape index (κ3) is 3.46. The molecule has 112 valence electrons. The second kappa shape index (κ2) is 6.49. The summed E-state index contributed by atoms with van der Waals surface area (Å²) < 4.78 is 10.3. The molecule has 3 N–H and O–H groups in total. The van der Waals surface area contributed by atoms with Gasteiger partial charge >= 0.3 is 0 Å². The average Bonchev–Trinajstić information content (AvgIpc) is 2.90. The van der Waals surface area contributed by atoms with Crippen LogP contribution in [0.2, 0.25) is 0 Å². The molecule has 2 aromatic rings. The topological polar surface area (TPSA) is 73.6 Å². The number of benzene rings is 1. The van der Waals surface area contributed by atoms with Crippen LogP contribution in [-0.2, 0) is 6.54 Å². The first-order valence-electron chi connectivity index (χ1n) is 6.40. The lowest BCUT2D eigenvalue weighted by Crippen LogP contribution is -2.23. The molecule has 2 rings (SSSR count). The van der Waals surface area contributed by atoms with E-state index in [2.05, 4.69) is 5.32 Å². The van der Waals surface area contributed by atoms with Gasteiger partial charge < -0.3 is 20.5 Å². The normalized spacial score (nSPS) is 10.2. The second-order valence-corrected chi connectivity index (χ2v) is 5.86. The van der Waals surface area contributed by atoms with Gasteiger partial charge in [0.25, 0.3) is 5.91 Å². The summed E-state index contributed by atoms with van der Waals surface area (Å²) in [6.45, 7) is 2.50. The molecule has 0 spiro atoms. The number of ether oxygens (including phenoxy) is 2. The van der Waals surface area contributed by atoms with Crippen molar-refractivity contribution in [3.8, 4) is 11.5 Å². The zero-order valence-electron chi connectivity index (χ0n) is 12.2. The molecule has 1 amide bonds. The van der Waals surface area contributed by atoms with Gasteiger partial charge in [-0.3, -0.25) is 4.79 Å². The number of anilines is 1. The number of nitrogens with two attached hydrogens (primary N) is 1. The van der Waals surface area contributed by atoms with Crippen LogP contribution in [0.5, 0.6) is 11.5 Å². The molecule has 21 heavy (non-hydrogen) atoms. The fourth-order valence-electron chi connectivity index (χ4n) is 1.92. The summed E-state index contributed by atoms with van der Waals surface area (Å²) in [5.74, 6) is 0.695. The van der Waals surface area contributed by atoms with Gasteiger partial charge in [-0.05, 0) is 25.1 Å². The van der Waals surface area contributed by atoms with Gasteiger partial charge in [0.1, 0.15) is 11.5 Å². The molecule has 0 aliphatic carbocycles. The Balaban J connectivity index is 2.18. The van der Waals surface area contributed by atoms with E-state index in [1.807, 2.05) is 19.1 Å². The minimum Gasteiger partial charge on any atom is -0.497 e. The third-order valence-electron chi connectivity index (χ3n) is 3.04. The molecule has 0 bridgehead atoms. The monoisotopic (exact) mass is 306 g/mol. The number of amides is 1. The molecule has 0 aliphatic heterocycles. The zero-order valence-corrected chi connectivity index (χ0v) is 13.0. The number of carbonyl (C=O) groups is 1. The molecule has 1 heterocycles. The molecule has 0 saturated carbocycles. The van der Waals surface area contributed by atoms with E-state index in [9.17, 15) is 4.79 Å². The summed E-state index contributed by atoms with van der Waals surface area (Å²) in [4.78, 5) is 14.6. The second-order valence-electron chi connectivity index (χ2n) is 4.49. The van der Waals surface area contributed by atoms with Gasteiger partial charge in [-0.1, -0.05) is 0 Å². The van der Waals surface area contributed by atoms with Crippen molar-refractivity contribution in [1.82, 2.24) is 5.32 Å². The van der Waals surface area contributed by atoms with E-state index in [4.69, 9.17) is 15.2 Å². The van der Waals surface area contributed by atoms with Crippen LogP contribution in [0.15, 0.2) is 24.3 Å². The fourth-order valence-corrected chi connectivity index (χ4v) is 2.75. The van der Waals surface area contributed by atoms with E-state index >= 15 is 0 Å². The van der Waals surface area contributed by atoms with E-state index < -0.39 is 0 Å². The SMILES string of the molecule is COc1cc(OC)c(N)c(C(=O)NCc2ccc(C)s2)c1. The Bertz CT molecular complexity index is 652. The molecule has 0 radical (unpaired) electrons. The molecule has 1 aromatic heterocycles. The molecule has 6 heteroatoms. The van der Waals surface area contributed by atoms with Crippen molar-refractivity contribution in [1.29, 1.82) is 0 Å². The Hall–Kier alpha value is -2.21. The number of hydrogen-bond acceptors (Lipinski definition) is 5. The number of nitrogens with one attached hydrogen (secondary N) is 1. The van der Waals surface area contributed by atoms with Crippen molar-refractivity contribution >= 4 is 22.9 Å². The molecule has 0 aliphatic rings. The largest absolute Gasteiger partial charge is 0.497 e. The van der Waals surface area contributed by atoms with Crippen molar-refractivity contribution in [2.24, 2.45) is 0 Å². The van der Waals surface area contributed by atoms with E-state index in [-0.39, 0.29) is 5.91 Å². The fraction of sp³-hybridized carbons (Fsp3) is 0.267. The third-order valence-corrected chi connectivity index (χ3v) is 4.04. The number of carbonyl (C=O) groups excluding carboxylic acids is 1. The van der Waals surface area contributed by atoms with Gasteiger partial charge in [-0.2, -0.15) is 0 Å². The lowest BCUT2D eigenvalue weighted by Gasteiger charge is -2.12. The van der Waals surface area contributed by atoms with Gasteiger partial charge in [0.05, 0.1) is 32.0 Å². The Morgan fingerprint density at radius 1 is 1.29 bits per heavy atom. The first-order chi connectivity index (χ1) is 10.0. The first-order valence-corrected chi connectivity index (χ1v) is 7.21. The highest BCUT2D eigenvalue weighted by molar-refractivity contribution is 7.11. The van der Waals surface area contributed by atoms with Crippen molar-refractivity contribution in [3.05, 3.63) is 39.6 Å². The highest BCUT2D eigenvalue weighted by Gasteiger charge is 2.16. The predicted octanol–water partition coefficient (Wildman–Crippen LogP) is 2.59. The smallest absolute Gasteiger partial charge is 0.253 e. The summed E-state index contributed by atoms with van der Waals surface area (Å²) in [6.07, 6.45) is 0. The van der Waals surface area contributed by atoms with Crippen LogP contribution in [-0.4, -0.2) is 20.1 Å². The maximum absolute atomic E-state index is 12.3. The molecule has 1 aromatic carbocycles. The molecular formula is C15H18N2O3S. The molecular weight excluding hydrogens is 288 g/mol. The minimum atomic E-state index is -0.254. The number of methoxy groups -OCH3 is 2. The van der Waals surface area contributed by atoms with Crippen LogP contribution in [0.25, 0.3) is 0 Å². The molecule has 0 fully saturated rings. The summed E-state index contributed by atoms with van der Waals surface area (Å²) in [6, 6.07) is 7.27. The molecule has 0 unspecified atom stereocenters. The van der Waals surface area contributed by atoms with E-state index in [1.54, 1.807) is 23.5 Å². The van der Waals surface area contributed by atoms with E-state index in [0.717, 1.165) is 4.88 Å². The van der Waals surface area contributed by atoms with Crippen LogP contribution in [0.4, 0.5) is 5.69 Å². The van der Waals surface area contributed by atoms with Crippen LogP contribution < -0.4 is 20.5 Å². The standard InChI is InChI=1S/C15H18N2O3S/c1-9-4-5-11(21-9)8-17-15(18)12-6-10(19-2)7-13(20-3)14(12)16/h4-7H,8,16H2,1-3H3,(H,17,18). The average molecular weight is 306 g/mol. The first kappa shape index (κ1) is 15.2. The van der Waals surface area contributed by atoms with Gasteiger partial charge in [0.15, 0.2) is 0 Å². The number of hydrogen-bond donors (Lipinski definition) is 2. The molecule has 5 nitrogen and oxygen atoms in total. The lowest BCUT2D eigenvalue weighted by atomic mass is 10.1. The number of aryl methyl sites for hydroxylation is 1. The van der Waals surface area contributed by atoms with Crippen LogP contribution in [0.1, 0.15) is 20.1 Å². The van der Waals surface area contributed by atoms with Crippen LogP contribution in [0.3, 0.4) is 0 Å². The number of nitrogen functional groups attached to an aromatic ring is 1. The lowest BCUT2D eigenvalue weighted by molar-refractivity contribution is 0.0951. The van der Waals surface area contributed by atoms with Crippen LogP contribution >= 0.6 is 11.3 Å². The van der Waals surface area contributed by atoms with Crippen LogP contribution in [0, 0.1) is 6.92 Å². The number of thiophene rings is 1. The Morgan fingerprint density at radius 2 is 2.05 bits per heavy atom. The van der Waals surface area contributed by atoms with Gasteiger partial charge in [0.2, 0.25) is 0 Å². The Morgan fingerprint density at radius 3 is 2.62 bits per heavy atom. The van der Waals surface area contributed by atoms with E-state index in [1.165, 1.54) is 19.1 Å². The van der Waals surface area contributed by atoms with Gasteiger partial charge in [-0.15, -0.1) is 11.3 Å². The minimum absolute atomic E-state index is 0.254. The Kier molecular flexibility index (Phi) is 4.70. The van der Waals surface area contributed by atoms with Crippen molar-refractivity contribution < 1.29 is 14.3 Å². The predicted molar refractivity (Wildman–Crippen MR) is 84.2 cm³/mol. The Labute approximate surface area is 127 Å². The van der Waals surface area contributed by atoms with Gasteiger partial charge in [-0.25, -0.2) is 0 Å². The molecule has 0 saturated heterocycles. The summed E-state index contributed by atoms with van der Waals surface area (Å²) in [5.41, 5.74) is 6.60. The summed E-state index contributed by atoms with van der Waals surface area (Å²) >= 11 is 1.65. The van der Waals surface area contributed by atoms with E-state index in [0.29, 0.717) is 29.3 Å².